The molecule has 2 heterocycles. The molecular weight excluding hydrogens is 460 g/mol. The Morgan fingerprint density at radius 2 is 1.94 bits per heavy atom. The van der Waals surface area contributed by atoms with Gasteiger partial charge in [0, 0.05) is 29.1 Å². The van der Waals surface area contributed by atoms with Crippen LogP contribution in [0.4, 0.5) is 0 Å². The van der Waals surface area contributed by atoms with Crippen molar-refractivity contribution in [3.8, 4) is 5.75 Å². The van der Waals surface area contributed by atoms with Crippen molar-refractivity contribution in [2.75, 3.05) is 7.11 Å². The number of methoxy groups -OCH3 is 1. The molecule has 0 saturated heterocycles. The fourth-order valence-electron chi connectivity index (χ4n) is 4.54. The second-order valence-corrected chi connectivity index (χ2v) is 10.7. The molecule has 0 bridgehead atoms. The lowest BCUT2D eigenvalue weighted by molar-refractivity contribution is 0.247. The molecule has 2 aromatic heterocycles. The zero-order valence-corrected chi connectivity index (χ0v) is 19.8. The van der Waals surface area contributed by atoms with Crippen molar-refractivity contribution in [2.45, 2.75) is 49.6 Å². The van der Waals surface area contributed by atoms with E-state index in [2.05, 4.69) is 13.7 Å². The molecule has 0 atom stereocenters. The molecule has 8 nitrogen and oxygen atoms in total. The first kappa shape index (κ1) is 22.0. The van der Waals surface area contributed by atoms with Gasteiger partial charge in [-0.05, 0) is 49.2 Å². The number of rotatable bonds is 6. The Morgan fingerprint density at radius 1 is 1.12 bits per heavy atom. The molecule has 172 valence electrons. The van der Waals surface area contributed by atoms with Gasteiger partial charge >= 0.3 is 0 Å². The highest BCUT2D eigenvalue weighted by atomic mass is 32.2. The number of nitrogens with one attached hydrogen (secondary N) is 1. The smallest absolute Gasteiger partial charge is 0.252 e. The van der Waals surface area contributed by atoms with E-state index in [-0.39, 0.29) is 23.0 Å². The summed E-state index contributed by atoms with van der Waals surface area (Å²) in [6, 6.07) is 12.0. The Kier molecular flexibility index (Phi) is 5.90. The van der Waals surface area contributed by atoms with E-state index in [1.807, 2.05) is 6.07 Å². The molecule has 0 spiro atoms. The number of benzene rings is 2. The Balaban J connectivity index is 1.61. The van der Waals surface area contributed by atoms with Crippen molar-refractivity contribution in [3.05, 3.63) is 58.4 Å². The maximum Gasteiger partial charge on any atom is 0.252 e. The first-order valence-electron chi connectivity index (χ1n) is 10.9. The van der Waals surface area contributed by atoms with Crippen molar-refractivity contribution >= 4 is 43.7 Å². The van der Waals surface area contributed by atoms with Crippen LogP contribution in [0.25, 0.3) is 21.9 Å². The summed E-state index contributed by atoms with van der Waals surface area (Å²) in [5.74, 6) is 0.667. The second kappa shape index (κ2) is 8.85. The van der Waals surface area contributed by atoms with Gasteiger partial charge in [-0.2, -0.15) is 13.1 Å². The van der Waals surface area contributed by atoms with E-state index in [1.165, 1.54) is 4.31 Å². The number of hydrogen-bond donors (Lipinski definition) is 1. The van der Waals surface area contributed by atoms with E-state index in [9.17, 15) is 13.2 Å². The molecule has 1 aliphatic rings. The van der Waals surface area contributed by atoms with Crippen LogP contribution in [0.5, 0.6) is 5.75 Å². The van der Waals surface area contributed by atoms with Crippen LogP contribution in [-0.4, -0.2) is 39.6 Å². The number of nitrogens with zero attached hydrogens (tertiary/aromatic N) is 3. The third-order valence-corrected chi connectivity index (χ3v) is 8.74. The van der Waals surface area contributed by atoms with Crippen LogP contribution in [0.1, 0.15) is 37.7 Å². The summed E-state index contributed by atoms with van der Waals surface area (Å²) < 4.78 is 43.1. The maximum atomic E-state index is 14.0. The fraction of sp³-hybridized carbons (Fsp3) is 0.348. The van der Waals surface area contributed by atoms with Crippen molar-refractivity contribution in [1.29, 1.82) is 0 Å². The van der Waals surface area contributed by atoms with Gasteiger partial charge in [0.25, 0.3) is 5.56 Å². The quantitative estimate of drug-likeness (QED) is 0.442. The molecule has 0 amide bonds. The molecule has 0 aliphatic heterocycles. The molecule has 1 fully saturated rings. The van der Waals surface area contributed by atoms with Crippen LogP contribution >= 0.6 is 11.7 Å². The predicted octanol–water partition coefficient (Wildman–Crippen LogP) is 4.07. The highest BCUT2D eigenvalue weighted by Gasteiger charge is 2.34. The van der Waals surface area contributed by atoms with E-state index in [1.54, 1.807) is 43.5 Å². The zero-order chi connectivity index (χ0) is 23.0. The first-order valence-corrected chi connectivity index (χ1v) is 13.1. The van der Waals surface area contributed by atoms with Gasteiger partial charge in [0.2, 0.25) is 10.0 Å². The minimum Gasteiger partial charge on any atom is -0.497 e. The molecule has 5 rings (SSSR count). The number of H-pyrrole nitrogens is 1. The monoisotopic (exact) mass is 484 g/mol. The first-order chi connectivity index (χ1) is 16.0. The van der Waals surface area contributed by atoms with Crippen LogP contribution in [0.15, 0.2) is 52.2 Å². The molecule has 10 heteroatoms. The SMILES string of the molecule is COc1ccc2[nH]c(=O)c(CN(C3CCCCC3)S(=O)(=O)c3cccc4nsnc34)cc2c1. The van der Waals surface area contributed by atoms with Gasteiger partial charge in [0.1, 0.15) is 21.7 Å². The van der Waals surface area contributed by atoms with Gasteiger partial charge in [-0.1, -0.05) is 25.3 Å². The van der Waals surface area contributed by atoms with Crippen LogP contribution < -0.4 is 10.3 Å². The number of ether oxygens (including phenoxy) is 1. The summed E-state index contributed by atoms with van der Waals surface area (Å²) in [6.07, 6.45) is 4.55. The van der Waals surface area contributed by atoms with Gasteiger partial charge in [-0.25, -0.2) is 8.42 Å². The van der Waals surface area contributed by atoms with Crippen LogP contribution in [0, 0.1) is 0 Å². The molecule has 1 aliphatic carbocycles. The average Bonchev–Trinajstić information content (AvgIpc) is 3.31. The molecule has 0 radical (unpaired) electrons. The van der Waals surface area contributed by atoms with Crippen LogP contribution in [0.2, 0.25) is 0 Å². The van der Waals surface area contributed by atoms with E-state index >= 15 is 0 Å². The van der Waals surface area contributed by atoms with Gasteiger partial charge in [0.15, 0.2) is 0 Å². The second-order valence-electron chi connectivity index (χ2n) is 8.31. The molecule has 4 aromatic rings. The Morgan fingerprint density at radius 3 is 2.73 bits per heavy atom. The third kappa shape index (κ3) is 4.14. The van der Waals surface area contributed by atoms with Crippen LogP contribution in [-0.2, 0) is 16.6 Å². The van der Waals surface area contributed by atoms with E-state index in [0.29, 0.717) is 27.9 Å². The van der Waals surface area contributed by atoms with Crippen molar-refractivity contribution < 1.29 is 13.2 Å². The summed E-state index contributed by atoms with van der Waals surface area (Å²) in [7, 11) is -2.34. The molecule has 1 saturated carbocycles. The van der Waals surface area contributed by atoms with E-state index < -0.39 is 10.0 Å². The van der Waals surface area contributed by atoms with Gasteiger partial charge in [-0.3, -0.25) is 4.79 Å². The number of fused-ring (bicyclic) bond motifs is 2. The lowest BCUT2D eigenvalue weighted by Crippen LogP contribution is -2.42. The molecular formula is C23H24N4O4S2. The van der Waals surface area contributed by atoms with Crippen molar-refractivity contribution in [3.63, 3.8) is 0 Å². The topological polar surface area (TPSA) is 105 Å². The predicted molar refractivity (Wildman–Crippen MR) is 128 cm³/mol. The largest absolute Gasteiger partial charge is 0.497 e. The average molecular weight is 485 g/mol. The summed E-state index contributed by atoms with van der Waals surface area (Å²) in [6.45, 7) is -0.0105. The minimum atomic E-state index is -3.92. The molecule has 33 heavy (non-hydrogen) atoms. The summed E-state index contributed by atoms with van der Waals surface area (Å²) >= 11 is 0.992. The standard InChI is InChI=1S/C23H24N4O4S2/c1-31-18-10-11-19-15(13-18)12-16(23(28)24-19)14-27(17-6-3-2-4-7-17)33(29,30)21-9-5-8-20-22(21)26-32-25-20/h5,8-13,17H,2-4,6-7,14H2,1H3,(H,24,28). The lowest BCUT2D eigenvalue weighted by atomic mass is 9.95. The number of hydrogen-bond acceptors (Lipinski definition) is 7. The summed E-state index contributed by atoms with van der Waals surface area (Å²) in [4.78, 5) is 15.9. The Labute approximate surface area is 195 Å². The Hall–Kier alpha value is -2.82. The third-order valence-electron chi connectivity index (χ3n) is 6.27. The normalized spacial score (nSPS) is 15.5. The van der Waals surface area contributed by atoms with Crippen molar-refractivity contribution in [2.24, 2.45) is 0 Å². The highest BCUT2D eigenvalue weighted by molar-refractivity contribution is 7.89. The molecule has 0 unspecified atom stereocenters. The van der Waals surface area contributed by atoms with Gasteiger partial charge in [-0.15, -0.1) is 0 Å². The Bertz CT molecular complexity index is 1470. The zero-order valence-electron chi connectivity index (χ0n) is 18.2. The lowest BCUT2D eigenvalue weighted by Gasteiger charge is -2.33. The minimum absolute atomic E-state index is 0.0105. The molecule has 1 N–H and O–H groups in total. The number of pyridine rings is 1. The maximum absolute atomic E-state index is 14.0. The van der Waals surface area contributed by atoms with Crippen molar-refractivity contribution in [1.82, 2.24) is 18.0 Å². The summed E-state index contributed by atoms with van der Waals surface area (Å²) in [5, 5.41) is 0.788. The van der Waals surface area contributed by atoms with Gasteiger partial charge in [0.05, 0.1) is 18.8 Å². The molecule has 2 aromatic carbocycles. The fourth-order valence-corrected chi connectivity index (χ4v) is 6.95. The number of aromatic nitrogens is 3. The highest BCUT2D eigenvalue weighted by Crippen LogP contribution is 2.32. The van der Waals surface area contributed by atoms with Crippen LogP contribution in [0.3, 0.4) is 0 Å². The van der Waals surface area contributed by atoms with E-state index in [4.69, 9.17) is 4.74 Å². The van der Waals surface area contributed by atoms with Gasteiger partial charge < -0.3 is 9.72 Å². The number of aromatic amines is 1. The number of sulfonamides is 1. The summed E-state index contributed by atoms with van der Waals surface area (Å²) in [5.41, 5.74) is 1.71. The van der Waals surface area contributed by atoms with E-state index in [0.717, 1.165) is 49.2 Å².